The van der Waals surface area contributed by atoms with Gasteiger partial charge in [0.15, 0.2) is 0 Å². The van der Waals surface area contributed by atoms with E-state index in [0.29, 0.717) is 5.75 Å². The first kappa shape index (κ1) is 16.2. The lowest BCUT2D eigenvalue weighted by Crippen LogP contribution is -2.46. The Morgan fingerprint density at radius 2 is 2.20 bits per heavy atom. The zero-order valence-corrected chi connectivity index (χ0v) is 11.8. The molecule has 1 aromatic rings. The van der Waals surface area contributed by atoms with Gasteiger partial charge >= 0.3 is 5.97 Å². The summed E-state index contributed by atoms with van der Waals surface area (Å²) in [6, 6.07) is 4.02. The molecule has 0 aromatic heterocycles. The van der Waals surface area contributed by atoms with E-state index in [9.17, 15) is 14.9 Å². The second-order valence-electron chi connectivity index (χ2n) is 4.38. The Balaban J connectivity index is 2.61. The Kier molecular flexibility index (Phi) is 5.29. The highest BCUT2D eigenvalue weighted by Crippen LogP contribution is 2.28. The van der Waals surface area contributed by atoms with E-state index >= 15 is 0 Å². The van der Waals surface area contributed by atoms with E-state index in [-0.39, 0.29) is 23.7 Å². The van der Waals surface area contributed by atoms with Crippen molar-refractivity contribution in [1.82, 2.24) is 0 Å². The van der Waals surface area contributed by atoms with Crippen molar-refractivity contribution in [3.8, 4) is 5.75 Å². The van der Waals surface area contributed by atoms with Gasteiger partial charge in [0.2, 0.25) is 0 Å². The van der Waals surface area contributed by atoms with Crippen LogP contribution in [-0.4, -0.2) is 30.1 Å². The molecule has 0 saturated carbocycles. The molecule has 0 heterocycles. The molecule has 0 bridgehead atoms. The Morgan fingerprint density at radius 3 is 2.70 bits per heavy atom. The number of esters is 1. The second kappa shape index (κ2) is 6.53. The molecule has 8 heteroatoms. The molecule has 0 fully saturated rings. The summed E-state index contributed by atoms with van der Waals surface area (Å²) in [4.78, 5) is 21.4. The molecule has 1 atom stereocenters. The van der Waals surface area contributed by atoms with Crippen molar-refractivity contribution in [1.29, 1.82) is 0 Å². The number of halogens is 1. The first-order valence-corrected chi connectivity index (χ1v) is 6.10. The van der Waals surface area contributed by atoms with Crippen molar-refractivity contribution >= 4 is 23.3 Å². The molecule has 0 saturated heterocycles. The number of carbonyl (C=O) groups excluding carboxylic acids is 1. The van der Waals surface area contributed by atoms with Gasteiger partial charge in [-0.1, -0.05) is 11.6 Å². The van der Waals surface area contributed by atoms with Gasteiger partial charge in [-0.3, -0.25) is 14.9 Å². The maximum atomic E-state index is 11.4. The smallest absolute Gasteiger partial charge is 0.325 e. The van der Waals surface area contributed by atoms with Crippen molar-refractivity contribution in [2.75, 3.05) is 13.7 Å². The summed E-state index contributed by atoms with van der Waals surface area (Å²) in [6.07, 6.45) is 0.230. The molecular formula is C12H15ClN2O5. The first-order valence-electron chi connectivity index (χ1n) is 5.72. The zero-order chi connectivity index (χ0) is 15.3. The van der Waals surface area contributed by atoms with E-state index < -0.39 is 16.4 Å². The van der Waals surface area contributed by atoms with Gasteiger partial charge in [-0.25, -0.2) is 0 Å². The molecule has 0 spiro atoms. The number of nitro benzene ring substituents is 1. The predicted octanol–water partition coefficient (Wildman–Crippen LogP) is 1.91. The molecule has 0 radical (unpaired) electrons. The third kappa shape index (κ3) is 4.07. The van der Waals surface area contributed by atoms with E-state index in [1.54, 1.807) is 0 Å². The van der Waals surface area contributed by atoms with Crippen molar-refractivity contribution in [2.45, 2.75) is 18.9 Å². The summed E-state index contributed by atoms with van der Waals surface area (Å²) in [5.74, 6) is -0.177. The molecule has 0 amide bonds. The lowest BCUT2D eigenvalue weighted by Gasteiger charge is -2.21. The average molecular weight is 303 g/mol. The lowest BCUT2D eigenvalue weighted by atomic mass is 10.0. The maximum absolute atomic E-state index is 11.4. The summed E-state index contributed by atoms with van der Waals surface area (Å²) < 4.78 is 9.92. The third-order valence-corrected chi connectivity index (χ3v) is 2.96. The van der Waals surface area contributed by atoms with Crippen LogP contribution in [0, 0.1) is 10.1 Å². The van der Waals surface area contributed by atoms with Crippen LogP contribution in [-0.2, 0) is 9.53 Å². The van der Waals surface area contributed by atoms with Gasteiger partial charge in [0.05, 0.1) is 18.6 Å². The predicted molar refractivity (Wildman–Crippen MR) is 72.8 cm³/mol. The summed E-state index contributed by atoms with van der Waals surface area (Å²) >= 11 is 5.75. The van der Waals surface area contributed by atoms with Gasteiger partial charge in [-0.2, -0.15) is 0 Å². The summed E-state index contributed by atoms with van der Waals surface area (Å²) in [5.41, 5.74) is 4.41. The van der Waals surface area contributed by atoms with Crippen LogP contribution < -0.4 is 10.5 Å². The van der Waals surface area contributed by atoms with Crippen LogP contribution in [0.25, 0.3) is 0 Å². The van der Waals surface area contributed by atoms with Crippen molar-refractivity contribution in [3.63, 3.8) is 0 Å². The number of ether oxygens (including phenoxy) is 2. The van der Waals surface area contributed by atoms with Crippen molar-refractivity contribution in [2.24, 2.45) is 5.73 Å². The first-order chi connectivity index (χ1) is 9.27. The van der Waals surface area contributed by atoms with Gasteiger partial charge in [0.25, 0.3) is 5.69 Å². The summed E-state index contributed by atoms with van der Waals surface area (Å²) in [6.45, 7) is 1.68. The highest BCUT2D eigenvalue weighted by molar-refractivity contribution is 6.32. The van der Waals surface area contributed by atoms with Crippen LogP contribution in [0.1, 0.15) is 13.3 Å². The third-order valence-electron chi connectivity index (χ3n) is 2.66. The number of methoxy groups -OCH3 is 1. The molecular weight excluding hydrogens is 288 g/mol. The van der Waals surface area contributed by atoms with E-state index in [2.05, 4.69) is 4.74 Å². The standard InChI is InChI=1S/C12H15ClN2O5/c1-12(14,11(16)19-2)5-6-20-8-3-4-10(15(17)18)9(13)7-8/h3-4,7H,5-6,14H2,1-2H3. The van der Waals surface area contributed by atoms with E-state index in [0.717, 1.165) is 0 Å². The number of benzene rings is 1. The second-order valence-corrected chi connectivity index (χ2v) is 4.79. The molecule has 1 rings (SSSR count). The highest BCUT2D eigenvalue weighted by atomic mass is 35.5. The number of nitro groups is 1. The molecule has 110 valence electrons. The van der Waals surface area contributed by atoms with Crippen LogP contribution in [0.15, 0.2) is 18.2 Å². The normalized spacial score (nSPS) is 13.4. The van der Waals surface area contributed by atoms with E-state index in [1.165, 1.54) is 32.2 Å². The maximum Gasteiger partial charge on any atom is 0.325 e. The lowest BCUT2D eigenvalue weighted by molar-refractivity contribution is -0.384. The fourth-order valence-electron chi connectivity index (χ4n) is 1.44. The number of carbonyl (C=O) groups is 1. The molecule has 2 N–H and O–H groups in total. The van der Waals surface area contributed by atoms with Crippen LogP contribution in [0.2, 0.25) is 5.02 Å². The van der Waals surface area contributed by atoms with Crippen LogP contribution in [0.3, 0.4) is 0 Å². The monoisotopic (exact) mass is 302 g/mol. The molecule has 0 aliphatic rings. The highest BCUT2D eigenvalue weighted by Gasteiger charge is 2.29. The average Bonchev–Trinajstić information content (AvgIpc) is 2.37. The van der Waals surface area contributed by atoms with Gasteiger partial charge in [-0.05, 0) is 13.0 Å². The van der Waals surface area contributed by atoms with Gasteiger partial charge in [0.1, 0.15) is 16.3 Å². The topological polar surface area (TPSA) is 105 Å². The van der Waals surface area contributed by atoms with E-state index in [1.807, 2.05) is 0 Å². The molecule has 0 aliphatic heterocycles. The quantitative estimate of drug-likeness (QED) is 0.489. The van der Waals surface area contributed by atoms with Crippen molar-refractivity contribution in [3.05, 3.63) is 33.3 Å². The molecule has 1 aromatic carbocycles. The number of hydrogen-bond acceptors (Lipinski definition) is 6. The SMILES string of the molecule is COC(=O)C(C)(N)CCOc1ccc([N+](=O)[O-])c(Cl)c1. The molecule has 1 unspecified atom stereocenters. The number of hydrogen-bond donors (Lipinski definition) is 1. The van der Waals surface area contributed by atoms with Crippen molar-refractivity contribution < 1.29 is 19.2 Å². The fourth-order valence-corrected chi connectivity index (χ4v) is 1.68. The Labute approximate surface area is 120 Å². The fraction of sp³-hybridized carbons (Fsp3) is 0.417. The summed E-state index contributed by atoms with van der Waals surface area (Å²) in [5, 5.41) is 10.6. The molecule has 7 nitrogen and oxygen atoms in total. The van der Waals surface area contributed by atoms with Gasteiger partial charge < -0.3 is 15.2 Å². The molecule has 20 heavy (non-hydrogen) atoms. The largest absolute Gasteiger partial charge is 0.493 e. The van der Waals surface area contributed by atoms with Crippen LogP contribution in [0.4, 0.5) is 5.69 Å². The van der Waals surface area contributed by atoms with Crippen LogP contribution >= 0.6 is 11.6 Å². The Bertz CT molecular complexity index is 519. The Morgan fingerprint density at radius 1 is 1.55 bits per heavy atom. The minimum atomic E-state index is -1.15. The minimum Gasteiger partial charge on any atom is -0.493 e. The van der Waals surface area contributed by atoms with Gasteiger partial charge in [0, 0.05) is 18.6 Å². The number of rotatable bonds is 6. The Hall–Kier alpha value is -1.86. The van der Waals surface area contributed by atoms with Gasteiger partial charge in [-0.15, -0.1) is 0 Å². The molecule has 0 aliphatic carbocycles. The summed E-state index contributed by atoms with van der Waals surface area (Å²) in [7, 11) is 1.25. The number of nitrogens with zero attached hydrogens (tertiary/aromatic N) is 1. The van der Waals surface area contributed by atoms with E-state index in [4.69, 9.17) is 22.1 Å². The van der Waals surface area contributed by atoms with Crippen LogP contribution in [0.5, 0.6) is 5.75 Å². The minimum absolute atomic E-state index is 0.0176. The number of nitrogens with two attached hydrogens (primary N) is 1. The zero-order valence-electron chi connectivity index (χ0n) is 11.1.